The van der Waals surface area contributed by atoms with Gasteiger partial charge in [-0.05, 0) is 13.0 Å². The molecule has 8 heteroatoms. The van der Waals surface area contributed by atoms with Crippen molar-refractivity contribution in [2.24, 2.45) is 0 Å². The molecule has 0 saturated carbocycles. The third-order valence-electron chi connectivity index (χ3n) is 2.63. The maximum Gasteiger partial charge on any atom is 0.467 e. The Morgan fingerprint density at radius 1 is 1.21 bits per heavy atom. The zero-order valence-electron chi connectivity index (χ0n) is 9.99. The largest absolute Gasteiger partial charge is 0.739 e. The van der Waals surface area contributed by atoms with Crippen molar-refractivity contribution in [1.82, 2.24) is 15.3 Å². The van der Waals surface area contributed by atoms with Crippen molar-refractivity contribution in [2.75, 3.05) is 5.32 Å². The smallest absolute Gasteiger partial charge is 0.467 e. The highest BCUT2D eigenvalue weighted by atomic mass is 16.5. The van der Waals surface area contributed by atoms with Crippen LogP contribution in [0.2, 0.25) is 0 Å². The van der Waals surface area contributed by atoms with Crippen LogP contribution in [0.5, 0.6) is 0 Å². The topological polar surface area (TPSA) is 107 Å². The molecule has 1 aromatic carbocycles. The number of para-hydroxylation sites is 2. The molecule has 0 aliphatic heterocycles. The molecule has 0 saturated heterocycles. The Morgan fingerprint density at radius 2 is 1.95 bits per heavy atom. The number of aromatic amines is 1. The number of hydrogen-bond donors (Lipinski definition) is 2. The van der Waals surface area contributed by atoms with Gasteiger partial charge in [-0.3, -0.25) is 5.10 Å². The van der Waals surface area contributed by atoms with Gasteiger partial charge in [0.15, 0.2) is 5.52 Å². The fourth-order valence-corrected chi connectivity index (χ4v) is 1.76. The molecule has 0 spiro atoms. The molecule has 0 radical (unpaired) electrons. The second-order valence-corrected chi connectivity index (χ2v) is 4.04. The van der Waals surface area contributed by atoms with Gasteiger partial charge in [0.2, 0.25) is 10.9 Å². The lowest BCUT2D eigenvalue weighted by atomic mass is 10.3. The highest BCUT2D eigenvalue weighted by Crippen LogP contribution is 2.10. The van der Waals surface area contributed by atoms with E-state index in [1.165, 1.54) is 6.07 Å². The molecule has 0 aliphatic rings. The molecular formula is C11H10N6O2. The summed E-state index contributed by atoms with van der Waals surface area (Å²) >= 11 is 0. The van der Waals surface area contributed by atoms with E-state index in [0.29, 0.717) is 15.4 Å². The molecule has 8 nitrogen and oxygen atoms in total. The predicted octanol–water partition coefficient (Wildman–Crippen LogP) is 0.277. The van der Waals surface area contributed by atoms with Crippen LogP contribution in [-0.4, -0.2) is 15.3 Å². The van der Waals surface area contributed by atoms with Gasteiger partial charge < -0.3 is 10.4 Å². The van der Waals surface area contributed by atoms with Crippen molar-refractivity contribution in [1.29, 1.82) is 0 Å². The number of H-pyrrole nitrogens is 1. The van der Waals surface area contributed by atoms with Crippen LogP contribution < -0.4 is 14.9 Å². The van der Waals surface area contributed by atoms with Crippen LogP contribution in [0.3, 0.4) is 0 Å². The predicted molar refractivity (Wildman–Crippen MR) is 66.3 cm³/mol. The maximum absolute atomic E-state index is 12.1. The van der Waals surface area contributed by atoms with E-state index >= 15 is 0 Å². The zero-order valence-corrected chi connectivity index (χ0v) is 9.99. The number of benzene rings is 1. The quantitative estimate of drug-likeness (QED) is 0.507. The lowest BCUT2D eigenvalue weighted by Gasteiger charge is -2.08. The van der Waals surface area contributed by atoms with E-state index in [1.54, 1.807) is 24.3 Å². The van der Waals surface area contributed by atoms with Crippen molar-refractivity contribution in [2.45, 2.75) is 6.92 Å². The van der Waals surface area contributed by atoms with Gasteiger partial charge in [-0.2, -0.15) is 0 Å². The average molecular weight is 258 g/mol. The SMILES string of the molecule is Cc1cc(Nc2n[n+]([O-])c3ccccc3[n+]2[O-])n[nH]1. The van der Waals surface area contributed by atoms with Crippen molar-refractivity contribution in [3.05, 3.63) is 46.4 Å². The molecule has 0 unspecified atom stereocenters. The molecule has 0 bridgehead atoms. The number of nitrogens with one attached hydrogen (secondary N) is 2. The van der Waals surface area contributed by atoms with E-state index in [4.69, 9.17) is 0 Å². The molecule has 3 aromatic rings. The minimum Gasteiger partial charge on any atom is -0.739 e. The normalized spacial score (nSPS) is 10.8. The van der Waals surface area contributed by atoms with E-state index in [0.717, 1.165) is 5.69 Å². The highest BCUT2D eigenvalue weighted by Gasteiger charge is 2.20. The Hall–Kier alpha value is -2.90. The Kier molecular flexibility index (Phi) is 2.41. The van der Waals surface area contributed by atoms with Crippen LogP contribution in [0.15, 0.2) is 30.3 Å². The Balaban J connectivity index is 2.11. The summed E-state index contributed by atoms with van der Waals surface area (Å²) in [4.78, 5) is 0.408. The second-order valence-electron chi connectivity index (χ2n) is 4.04. The van der Waals surface area contributed by atoms with Crippen LogP contribution in [0, 0.1) is 17.3 Å². The van der Waals surface area contributed by atoms with Crippen LogP contribution in [0.1, 0.15) is 5.69 Å². The first-order valence-corrected chi connectivity index (χ1v) is 5.56. The van der Waals surface area contributed by atoms with Crippen molar-refractivity contribution in [3.8, 4) is 0 Å². The molecule has 0 fully saturated rings. The summed E-state index contributed by atoms with van der Waals surface area (Å²) in [7, 11) is 0. The standard InChI is InChI=1S/C11H10N6O2/c1-7-6-10(14-13-7)12-11-15-17(19)9-5-3-2-4-8(9)16(11)18/h2-6H,1H3,(H2,12,13,14,15). The first-order chi connectivity index (χ1) is 9.15. The average Bonchev–Trinajstić information content (AvgIpc) is 2.81. The number of fused-ring (bicyclic) bond motifs is 1. The van der Waals surface area contributed by atoms with Gasteiger partial charge in [0.1, 0.15) is 0 Å². The molecule has 0 amide bonds. The van der Waals surface area contributed by atoms with Crippen LogP contribution in [0.25, 0.3) is 11.0 Å². The molecule has 2 aromatic heterocycles. The Morgan fingerprint density at radius 3 is 2.63 bits per heavy atom. The summed E-state index contributed by atoms with van der Waals surface area (Å²) in [6.07, 6.45) is 0. The Bertz CT molecular complexity index is 754. The van der Waals surface area contributed by atoms with Crippen LogP contribution in [-0.2, 0) is 0 Å². The number of aromatic nitrogens is 5. The van der Waals surface area contributed by atoms with Gasteiger partial charge >= 0.3 is 5.95 Å². The van der Waals surface area contributed by atoms with E-state index in [2.05, 4.69) is 20.6 Å². The fourth-order valence-electron chi connectivity index (χ4n) is 1.76. The fraction of sp³-hybridized carbons (Fsp3) is 0.0909. The molecule has 96 valence electrons. The van der Waals surface area contributed by atoms with Crippen LogP contribution in [0.4, 0.5) is 11.8 Å². The molecule has 2 N–H and O–H groups in total. The summed E-state index contributed by atoms with van der Waals surface area (Å²) in [6.45, 7) is 1.82. The van der Waals surface area contributed by atoms with Crippen molar-refractivity contribution >= 4 is 22.8 Å². The Labute approximate surface area is 107 Å². The summed E-state index contributed by atoms with van der Waals surface area (Å²) in [5, 5.41) is 36.8. The number of aryl methyl sites for hydroxylation is 1. The van der Waals surface area contributed by atoms with Crippen molar-refractivity contribution in [3.63, 3.8) is 0 Å². The molecule has 2 heterocycles. The summed E-state index contributed by atoms with van der Waals surface area (Å²) in [5.74, 6) is 0.296. The highest BCUT2D eigenvalue weighted by molar-refractivity contribution is 5.67. The monoisotopic (exact) mass is 258 g/mol. The zero-order chi connectivity index (χ0) is 13.4. The van der Waals surface area contributed by atoms with E-state index in [9.17, 15) is 10.4 Å². The first-order valence-electron chi connectivity index (χ1n) is 5.56. The van der Waals surface area contributed by atoms with Gasteiger partial charge in [-0.15, -0.1) is 5.10 Å². The number of hydrogen-bond acceptors (Lipinski definition) is 5. The molecule has 3 rings (SSSR count). The van der Waals surface area contributed by atoms with E-state index in [-0.39, 0.29) is 17.0 Å². The van der Waals surface area contributed by atoms with E-state index in [1.807, 2.05) is 6.92 Å². The second kappa shape index (κ2) is 4.09. The van der Waals surface area contributed by atoms with Crippen molar-refractivity contribution < 1.29 is 9.58 Å². The lowest BCUT2D eigenvalue weighted by molar-refractivity contribution is -0.672. The van der Waals surface area contributed by atoms with E-state index < -0.39 is 0 Å². The summed E-state index contributed by atoms with van der Waals surface area (Å²) in [5.41, 5.74) is 1.28. The number of anilines is 2. The lowest BCUT2D eigenvalue weighted by Crippen LogP contribution is -2.43. The maximum atomic E-state index is 12.1. The molecule has 0 atom stereocenters. The third kappa shape index (κ3) is 1.88. The minimum atomic E-state index is -0.125. The third-order valence-corrected chi connectivity index (χ3v) is 2.63. The number of rotatable bonds is 2. The molecule has 0 aliphatic carbocycles. The van der Waals surface area contributed by atoms with Gasteiger partial charge in [0.05, 0.1) is 0 Å². The molecular weight excluding hydrogens is 248 g/mol. The summed E-state index contributed by atoms with van der Waals surface area (Å²) < 4.78 is 0.563. The molecule has 19 heavy (non-hydrogen) atoms. The van der Waals surface area contributed by atoms with Gasteiger partial charge in [0.25, 0.3) is 5.52 Å². The summed E-state index contributed by atoms with van der Waals surface area (Å²) in [6, 6.07) is 8.14. The van der Waals surface area contributed by atoms with Crippen LogP contribution >= 0.6 is 0 Å². The van der Waals surface area contributed by atoms with Gasteiger partial charge in [0, 0.05) is 22.7 Å². The first kappa shape index (κ1) is 11.2. The van der Waals surface area contributed by atoms with Gasteiger partial charge in [-0.1, -0.05) is 12.1 Å². The van der Waals surface area contributed by atoms with Gasteiger partial charge in [-0.25, -0.2) is 10.0 Å². The number of nitrogens with zero attached hydrogens (tertiary/aromatic N) is 4. The minimum absolute atomic E-state index is 0.125.